The summed E-state index contributed by atoms with van der Waals surface area (Å²) in [5.74, 6) is 2.12. The Morgan fingerprint density at radius 1 is 1.12 bits per heavy atom. The Bertz CT molecular complexity index is 601. The third-order valence-electron chi connectivity index (χ3n) is 5.13. The van der Waals surface area contributed by atoms with Crippen LogP contribution in [0.25, 0.3) is 0 Å². The Balaban J connectivity index is 1.31. The maximum Gasteiger partial charge on any atom is 0.223 e. The first kappa shape index (κ1) is 18.5. The van der Waals surface area contributed by atoms with E-state index in [-0.39, 0.29) is 17.9 Å². The van der Waals surface area contributed by atoms with E-state index in [4.69, 9.17) is 4.74 Å². The predicted molar refractivity (Wildman–Crippen MR) is 104 cm³/mol. The number of hydrogen-bond acceptors (Lipinski definition) is 3. The molecule has 1 aliphatic heterocycles. The van der Waals surface area contributed by atoms with Gasteiger partial charge in [-0.2, -0.15) is 0 Å². The minimum absolute atomic E-state index is 0.122. The number of nitrogens with one attached hydrogen (secondary N) is 3. The summed E-state index contributed by atoms with van der Waals surface area (Å²) in [6.45, 7) is 1.97. The van der Waals surface area contributed by atoms with Crippen LogP contribution >= 0.6 is 0 Å². The summed E-state index contributed by atoms with van der Waals surface area (Å²) < 4.78 is 5.92. The number of nitrogens with zero attached hydrogens (tertiary/aromatic N) is 1. The monoisotopic (exact) mass is 358 g/mol. The SMILES string of the molecule is CN=C(NCCNC(=O)C1CCCCC1)NCC1Cc2ccccc2O1. The molecule has 1 amide bonds. The van der Waals surface area contributed by atoms with E-state index in [1.54, 1.807) is 7.05 Å². The van der Waals surface area contributed by atoms with E-state index < -0.39 is 0 Å². The first-order valence-corrected chi connectivity index (χ1v) is 9.73. The van der Waals surface area contributed by atoms with Crippen molar-refractivity contribution in [1.29, 1.82) is 0 Å². The highest BCUT2D eigenvalue weighted by Gasteiger charge is 2.22. The lowest BCUT2D eigenvalue weighted by molar-refractivity contribution is -0.125. The van der Waals surface area contributed by atoms with Crippen molar-refractivity contribution in [2.75, 3.05) is 26.7 Å². The fraction of sp³-hybridized carbons (Fsp3) is 0.600. The van der Waals surface area contributed by atoms with Gasteiger partial charge in [-0.3, -0.25) is 9.79 Å². The second-order valence-electron chi connectivity index (χ2n) is 7.06. The molecule has 1 aromatic rings. The van der Waals surface area contributed by atoms with Crippen LogP contribution in [0.5, 0.6) is 5.75 Å². The average molecular weight is 358 g/mol. The van der Waals surface area contributed by atoms with E-state index in [1.807, 2.05) is 18.2 Å². The molecule has 0 bridgehead atoms. The molecule has 0 saturated heterocycles. The van der Waals surface area contributed by atoms with Crippen molar-refractivity contribution in [3.8, 4) is 5.75 Å². The van der Waals surface area contributed by atoms with Crippen molar-refractivity contribution in [3.05, 3.63) is 29.8 Å². The molecule has 0 radical (unpaired) electrons. The minimum Gasteiger partial charge on any atom is -0.488 e. The number of hydrogen-bond donors (Lipinski definition) is 3. The number of guanidine groups is 1. The summed E-state index contributed by atoms with van der Waals surface area (Å²) >= 11 is 0. The number of amides is 1. The molecule has 1 saturated carbocycles. The lowest BCUT2D eigenvalue weighted by Gasteiger charge is -2.21. The van der Waals surface area contributed by atoms with Crippen molar-refractivity contribution in [2.45, 2.75) is 44.6 Å². The van der Waals surface area contributed by atoms with Crippen molar-refractivity contribution < 1.29 is 9.53 Å². The van der Waals surface area contributed by atoms with Crippen LogP contribution < -0.4 is 20.7 Å². The minimum atomic E-state index is 0.122. The predicted octanol–water partition coefficient (Wildman–Crippen LogP) is 1.85. The van der Waals surface area contributed by atoms with Crippen LogP contribution in [0.2, 0.25) is 0 Å². The largest absolute Gasteiger partial charge is 0.488 e. The molecule has 0 spiro atoms. The lowest BCUT2D eigenvalue weighted by atomic mass is 9.89. The first-order chi connectivity index (χ1) is 12.8. The van der Waals surface area contributed by atoms with Gasteiger partial charge >= 0.3 is 0 Å². The molecule has 1 aromatic carbocycles. The highest BCUT2D eigenvalue weighted by atomic mass is 16.5. The summed E-state index contributed by atoms with van der Waals surface area (Å²) in [6, 6.07) is 8.16. The van der Waals surface area contributed by atoms with E-state index in [2.05, 4.69) is 27.0 Å². The number of carbonyl (C=O) groups excluding carboxylic acids is 1. The summed E-state index contributed by atoms with van der Waals surface area (Å²) in [6.07, 6.45) is 6.73. The third kappa shape index (κ3) is 5.13. The van der Waals surface area contributed by atoms with Gasteiger partial charge < -0.3 is 20.7 Å². The Hall–Kier alpha value is -2.24. The number of benzene rings is 1. The maximum atomic E-state index is 12.1. The van der Waals surface area contributed by atoms with Crippen LogP contribution in [-0.4, -0.2) is 44.7 Å². The van der Waals surface area contributed by atoms with Crippen molar-refractivity contribution in [1.82, 2.24) is 16.0 Å². The van der Waals surface area contributed by atoms with Gasteiger partial charge in [-0.05, 0) is 24.5 Å². The standard InChI is InChI=1S/C20H30N4O2/c1-21-20(23-12-11-22-19(25)15-7-3-2-4-8-15)24-14-17-13-16-9-5-6-10-18(16)26-17/h5-6,9-10,15,17H,2-4,7-8,11-14H2,1H3,(H,22,25)(H2,21,23,24). The molecular weight excluding hydrogens is 328 g/mol. The third-order valence-corrected chi connectivity index (χ3v) is 5.13. The Morgan fingerprint density at radius 3 is 2.65 bits per heavy atom. The van der Waals surface area contributed by atoms with Crippen LogP contribution in [0.3, 0.4) is 0 Å². The molecular formula is C20H30N4O2. The normalized spacial score (nSPS) is 20.2. The van der Waals surface area contributed by atoms with Crippen LogP contribution in [0.15, 0.2) is 29.3 Å². The second-order valence-corrected chi connectivity index (χ2v) is 7.06. The van der Waals surface area contributed by atoms with Gasteiger partial charge in [0.05, 0.1) is 6.54 Å². The summed E-state index contributed by atoms with van der Waals surface area (Å²) in [5, 5.41) is 9.57. The van der Waals surface area contributed by atoms with Crippen LogP contribution in [0.4, 0.5) is 0 Å². The molecule has 1 unspecified atom stereocenters. The Morgan fingerprint density at radius 2 is 1.88 bits per heavy atom. The topological polar surface area (TPSA) is 74.8 Å². The fourth-order valence-corrected chi connectivity index (χ4v) is 3.67. The summed E-state index contributed by atoms with van der Waals surface area (Å²) in [4.78, 5) is 16.3. The number of fused-ring (bicyclic) bond motifs is 1. The zero-order valence-corrected chi connectivity index (χ0v) is 15.6. The van der Waals surface area contributed by atoms with Gasteiger partial charge in [-0.25, -0.2) is 0 Å². The molecule has 1 heterocycles. The molecule has 2 aliphatic rings. The molecule has 1 atom stereocenters. The zero-order chi connectivity index (χ0) is 18.2. The molecule has 26 heavy (non-hydrogen) atoms. The molecule has 6 heteroatoms. The molecule has 142 valence electrons. The molecule has 0 aromatic heterocycles. The van der Waals surface area contributed by atoms with E-state index in [0.29, 0.717) is 19.6 Å². The Kier molecular flexibility index (Phi) is 6.75. The van der Waals surface area contributed by atoms with Gasteiger partial charge in [0.2, 0.25) is 5.91 Å². The highest BCUT2D eigenvalue weighted by Crippen LogP contribution is 2.27. The molecule has 1 aliphatic carbocycles. The lowest BCUT2D eigenvalue weighted by Crippen LogP contribution is -2.45. The number of ether oxygens (including phenoxy) is 1. The van der Waals surface area contributed by atoms with Gasteiger partial charge in [-0.15, -0.1) is 0 Å². The van der Waals surface area contributed by atoms with Gasteiger partial charge in [0.1, 0.15) is 11.9 Å². The van der Waals surface area contributed by atoms with Crippen molar-refractivity contribution in [2.24, 2.45) is 10.9 Å². The van der Waals surface area contributed by atoms with Crippen LogP contribution in [0.1, 0.15) is 37.7 Å². The molecule has 1 fully saturated rings. The van der Waals surface area contributed by atoms with Crippen molar-refractivity contribution >= 4 is 11.9 Å². The van der Waals surface area contributed by atoms with E-state index in [1.165, 1.54) is 24.8 Å². The van der Waals surface area contributed by atoms with Gasteiger partial charge in [0.15, 0.2) is 5.96 Å². The van der Waals surface area contributed by atoms with Gasteiger partial charge in [-0.1, -0.05) is 37.5 Å². The maximum absolute atomic E-state index is 12.1. The van der Waals surface area contributed by atoms with Crippen molar-refractivity contribution in [3.63, 3.8) is 0 Å². The average Bonchev–Trinajstić information content (AvgIpc) is 3.11. The highest BCUT2D eigenvalue weighted by molar-refractivity contribution is 5.80. The van der Waals surface area contributed by atoms with Gasteiger partial charge in [0.25, 0.3) is 0 Å². The van der Waals surface area contributed by atoms with E-state index >= 15 is 0 Å². The van der Waals surface area contributed by atoms with Crippen LogP contribution in [0, 0.1) is 5.92 Å². The second kappa shape index (κ2) is 9.46. The van der Waals surface area contributed by atoms with Gasteiger partial charge in [0, 0.05) is 32.5 Å². The summed E-state index contributed by atoms with van der Waals surface area (Å²) in [5.41, 5.74) is 1.26. The van der Waals surface area contributed by atoms with E-state index in [9.17, 15) is 4.79 Å². The number of rotatable bonds is 6. The zero-order valence-electron chi connectivity index (χ0n) is 15.6. The van der Waals surface area contributed by atoms with Crippen LogP contribution in [-0.2, 0) is 11.2 Å². The first-order valence-electron chi connectivity index (χ1n) is 9.73. The number of para-hydroxylation sites is 1. The molecule has 6 nitrogen and oxygen atoms in total. The molecule has 3 rings (SSSR count). The Labute approximate surface area is 155 Å². The van der Waals surface area contributed by atoms with E-state index in [0.717, 1.165) is 31.0 Å². The summed E-state index contributed by atoms with van der Waals surface area (Å²) in [7, 11) is 1.75. The number of carbonyl (C=O) groups is 1. The number of aliphatic imine (C=N–C) groups is 1. The fourth-order valence-electron chi connectivity index (χ4n) is 3.67. The molecule has 3 N–H and O–H groups in total. The smallest absolute Gasteiger partial charge is 0.223 e. The quantitative estimate of drug-likeness (QED) is 0.412.